The standard InChI is InChI=1S/C16H21NO2/c1-19-16-7-4-13(11-18)8-14(16)10-17(15-5-6-15)9-12-2-3-12/h4,7-8,11-12,15H,2-3,5-6,9-10H2,1H3. The number of methoxy groups -OCH3 is 1. The molecule has 0 aliphatic heterocycles. The van der Waals surface area contributed by atoms with Crippen molar-refractivity contribution in [2.24, 2.45) is 5.92 Å². The number of aldehydes is 1. The minimum atomic E-state index is 0.734. The summed E-state index contributed by atoms with van der Waals surface area (Å²) in [5.74, 6) is 1.80. The Morgan fingerprint density at radius 1 is 1.32 bits per heavy atom. The van der Waals surface area contributed by atoms with E-state index in [1.807, 2.05) is 18.2 Å². The van der Waals surface area contributed by atoms with Crippen LogP contribution in [0.4, 0.5) is 0 Å². The summed E-state index contributed by atoms with van der Waals surface area (Å²) in [5, 5.41) is 0. The zero-order chi connectivity index (χ0) is 13.2. The second-order valence-electron chi connectivity index (χ2n) is 5.79. The molecule has 3 nitrogen and oxygen atoms in total. The monoisotopic (exact) mass is 259 g/mol. The van der Waals surface area contributed by atoms with Crippen molar-refractivity contribution < 1.29 is 9.53 Å². The maximum atomic E-state index is 10.9. The van der Waals surface area contributed by atoms with Gasteiger partial charge in [-0.3, -0.25) is 9.69 Å². The van der Waals surface area contributed by atoms with Crippen LogP contribution in [-0.4, -0.2) is 30.9 Å². The van der Waals surface area contributed by atoms with Gasteiger partial charge in [0.15, 0.2) is 0 Å². The summed E-state index contributed by atoms with van der Waals surface area (Å²) in [5.41, 5.74) is 1.87. The summed E-state index contributed by atoms with van der Waals surface area (Å²) in [4.78, 5) is 13.5. The second kappa shape index (κ2) is 5.33. The molecule has 0 atom stereocenters. The summed E-state index contributed by atoms with van der Waals surface area (Å²) in [6.07, 6.45) is 6.32. The van der Waals surface area contributed by atoms with Gasteiger partial charge in [0.05, 0.1) is 7.11 Å². The number of hydrogen-bond acceptors (Lipinski definition) is 3. The smallest absolute Gasteiger partial charge is 0.150 e. The number of nitrogens with zero attached hydrogens (tertiary/aromatic N) is 1. The number of benzene rings is 1. The van der Waals surface area contributed by atoms with Gasteiger partial charge in [0, 0.05) is 30.3 Å². The van der Waals surface area contributed by atoms with Crippen LogP contribution in [0.3, 0.4) is 0 Å². The van der Waals surface area contributed by atoms with E-state index < -0.39 is 0 Å². The van der Waals surface area contributed by atoms with E-state index in [0.29, 0.717) is 0 Å². The van der Waals surface area contributed by atoms with Gasteiger partial charge in [-0.05, 0) is 49.8 Å². The second-order valence-corrected chi connectivity index (χ2v) is 5.79. The van der Waals surface area contributed by atoms with Crippen molar-refractivity contribution in [2.75, 3.05) is 13.7 Å². The van der Waals surface area contributed by atoms with Crippen molar-refractivity contribution in [3.8, 4) is 5.75 Å². The molecule has 0 amide bonds. The highest BCUT2D eigenvalue weighted by atomic mass is 16.5. The summed E-state index contributed by atoms with van der Waals surface area (Å²) >= 11 is 0. The molecule has 0 N–H and O–H groups in total. The number of carbonyl (C=O) groups excluding carboxylic acids is 1. The van der Waals surface area contributed by atoms with E-state index in [9.17, 15) is 4.79 Å². The molecular formula is C16H21NO2. The molecule has 2 aliphatic carbocycles. The Bertz CT molecular complexity index is 464. The predicted octanol–water partition coefficient (Wildman–Crippen LogP) is 2.88. The summed E-state index contributed by atoms with van der Waals surface area (Å²) in [7, 11) is 1.70. The number of rotatable bonds is 7. The topological polar surface area (TPSA) is 29.5 Å². The van der Waals surface area contributed by atoms with E-state index in [2.05, 4.69) is 4.90 Å². The normalized spacial score (nSPS) is 18.6. The third-order valence-corrected chi connectivity index (χ3v) is 4.07. The summed E-state index contributed by atoms with van der Waals surface area (Å²) in [6.45, 7) is 2.12. The zero-order valence-corrected chi connectivity index (χ0v) is 11.5. The van der Waals surface area contributed by atoms with Gasteiger partial charge < -0.3 is 4.74 Å². The molecule has 0 aromatic heterocycles. The first-order chi connectivity index (χ1) is 9.30. The van der Waals surface area contributed by atoms with E-state index in [-0.39, 0.29) is 0 Å². The van der Waals surface area contributed by atoms with Crippen molar-refractivity contribution in [3.63, 3.8) is 0 Å². The molecule has 3 rings (SSSR count). The maximum absolute atomic E-state index is 10.9. The van der Waals surface area contributed by atoms with Crippen LogP contribution >= 0.6 is 0 Å². The molecule has 102 valence electrons. The van der Waals surface area contributed by atoms with Crippen LogP contribution in [0.15, 0.2) is 18.2 Å². The van der Waals surface area contributed by atoms with Gasteiger partial charge in [-0.15, -0.1) is 0 Å². The van der Waals surface area contributed by atoms with E-state index in [4.69, 9.17) is 4.74 Å². The summed E-state index contributed by atoms with van der Waals surface area (Å²) in [6, 6.07) is 6.44. The van der Waals surface area contributed by atoms with Crippen LogP contribution in [0.5, 0.6) is 5.75 Å². The lowest BCUT2D eigenvalue weighted by atomic mass is 10.1. The lowest BCUT2D eigenvalue weighted by Gasteiger charge is -2.23. The Hall–Kier alpha value is -1.35. The molecule has 19 heavy (non-hydrogen) atoms. The molecule has 1 aromatic rings. The lowest BCUT2D eigenvalue weighted by Crippen LogP contribution is -2.28. The van der Waals surface area contributed by atoms with Gasteiger partial charge >= 0.3 is 0 Å². The average Bonchev–Trinajstić information content (AvgIpc) is 3.29. The van der Waals surface area contributed by atoms with Crippen LogP contribution in [0.2, 0.25) is 0 Å². The first kappa shape index (κ1) is 12.7. The molecule has 0 saturated heterocycles. The Labute approximate surface area is 114 Å². The Balaban J connectivity index is 1.76. The van der Waals surface area contributed by atoms with E-state index in [1.165, 1.54) is 32.2 Å². The Morgan fingerprint density at radius 2 is 2.11 bits per heavy atom. The van der Waals surface area contributed by atoms with Gasteiger partial charge in [-0.2, -0.15) is 0 Å². The van der Waals surface area contributed by atoms with Crippen LogP contribution in [0.25, 0.3) is 0 Å². The number of carbonyl (C=O) groups is 1. The van der Waals surface area contributed by atoms with Crippen LogP contribution in [0, 0.1) is 5.92 Å². The molecule has 0 bridgehead atoms. The lowest BCUT2D eigenvalue weighted by molar-refractivity contribution is 0.112. The van der Waals surface area contributed by atoms with Gasteiger partial charge in [0.25, 0.3) is 0 Å². The van der Waals surface area contributed by atoms with Crippen LogP contribution in [0.1, 0.15) is 41.6 Å². The minimum Gasteiger partial charge on any atom is -0.496 e. The van der Waals surface area contributed by atoms with Crippen molar-refractivity contribution >= 4 is 6.29 Å². The van der Waals surface area contributed by atoms with Gasteiger partial charge in [0.2, 0.25) is 0 Å². The van der Waals surface area contributed by atoms with Crippen molar-refractivity contribution in [1.82, 2.24) is 4.90 Å². The fourth-order valence-corrected chi connectivity index (χ4v) is 2.63. The van der Waals surface area contributed by atoms with Crippen molar-refractivity contribution in [2.45, 2.75) is 38.3 Å². The molecular weight excluding hydrogens is 238 g/mol. The fraction of sp³-hybridized carbons (Fsp3) is 0.562. The quantitative estimate of drug-likeness (QED) is 0.705. The number of ether oxygens (including phenoxy) is 1. The van der Waals surface area contributed by atoms with Crippen LogP contribution < -0.4 is 4.74 Å². The molecule has 0 heterocycles. The third kappa shape index (κ3) is 3.16. The molecule has 0 spiro atoms. The average molecular weight is 259 g/mol. The zero-order valence-electron chi connectivity index (χ0n) is 11.5. The third-order valence-electron chi connectivity index (χ3n) is 4.07. The SMILES string of the molecule is COc1ccc(C=O)cc1CN(CC1CC1)C1CC1. The number of hydrogen-bond donors (Lipinski definition) is 0. The van der Waals surface area contributed by atoms with Gasteiger partial charge in [-0.25, -0.2) is 0 Å². The van der Waals surface area contributed by atoms with E-state index in [1.54, 1.807) is 7.11 Å². The minimum absolute atomic E-state index is 0.734. The van der Waals surface area contributed by atoms with E-state index >= 15 is 0 Å². The van der Waals surface area contributed by atoms with Gasteiger partial charge in [-0.1, -0.05) is 0 Å². The highest BCUT2D eigenvalue weighted by molar-refractivity contribution is 5.75. The highest BCUT2D eigenvalue weighted by Gasteiger charge is 2.33. The molecule has 2 saturated carbocycles. The molecule has 1 aromatic carbocycles. The Morgan fingerprint density at radius 3 is 2.68 bits per heavy atom. The first-order valence-corrected chi connectivity index (χ1v) is 7.16. The summed E-state index contributed by atoms with van der Waals surface area (Å²) < 4.78 is 5.42. The van der Waals surface area contributed by atoms with E-state index in [0.717, 1.165) is 41.7 Å². The Kier molecular flexibility index (Phi) is 3.56. The van der Waals surface area contributed by atoms with Gasteiger partial charge in [0.1, 0.15) is 12.0 Å². The largest absolute Gasteiger partial charge is 0.496 e. The van der Waals surface area contributed by atoms with Crippen molar-refractivity contribution in [1.29, 1.82) is 0 Å². The van der Waals surface area contributed by atoms with Crippen LogP contribution in [-0.2, 0) is 6.54 Å². The molecule has 3 heteroatoms. The molecule has 0 unspecified atom stereocenters. The molecule has 2 fully saturated rings. The maximum Gasteiger partial charge on any atom is 0.150 e. The predicted molar refractivity (Wildman–Crippen MR) is 74.5 cm³/mol. The molecule has 0 radical (unpaired) electrons. The molecule has 2 aliphatic rings. The van der Waals surface area contributed by atoms with Crippen molar-refractivity contribution in [3.05, 3.63) is 29.3 Å². The first-order valence-electron chi connectivity index (χ1n) is 7.16. The fourth-order valence-electron chi connectivity index (χ4n) is 2.63. The highest BCUT2D eigenvalue weighted by Crippen LogP contribution is 2.36.